The molecule has 5 nitrogen and oxygen atoms in total. The molecule has 66 valence electrons. The monoisotopic (exact) mass is 179 g/mol. The summed E-state index contributed by atoms with van der Waals surface area (Å²) in [7, 11) is -3.00. The lowest BCUT2D eigenvalue weighted by Gasteiger charge is -2.15. The first-order valence-electron chi connectivity index (χ1n) is 3.51. The van der Waals surface area contributed by atoms with E-state index in [-0.39, 0.29) is 0 Å². The Balaban J connectivity index is 2.57. The van der Waals surface area contributed by atoms with Crippen molar-refractivity contribution in [2.24, 2.45) is 0 Å². The van der Waals surface area contributed by atoms with Gasteiger partial charge in [0.25, 0.3) is 0 Å². The highest BCUT2D eigenvalue weighted by atomic mass is 32.2. The Morgan fingerprint density at radius 1 is 1.18 bits per heavy atom. The molecular weight excluding hydrogens is 166 g/mol. The van der Waals surface area contributed by atoms with Crippen molar-refractivity contribution in [3.8, 4) is 0 Å². The molecule has 0 amide bonds. The van der Waals surface area contributed by atoms with Gasteiger partial charge in [0.05, 0.1) is 6.26 Å². The van der Waals surface area contributed by atoms with Crippen molar-refractivity contribution in [1.82, 2.24) is 15.2 Å². The smallest absolute Gasteiger partial charge is 0.211 e. The molecule has 0 atom stereocenters. The van der Waals surface area contributed by atoms with Crippen LogP contribution >= 0.6 is 0 Å². The lowest BCUT2D eigenvalue weighted by molar-refractivity contribution is 0.443. The van der Waals surface area contributed by atoms with Crippen LogP contribution in [0.15, 0.2) is 0 Å². The molecule has 0 aromatic carbocycles. The van der Waals surface area contributed by atoms with Gasteiger partial charge in [-0.05, 0) is 0 Å². The summed E-state index contributed by atoms with van der Waals surface area (Å²) in [4.78, 5) is 0. The lowest BCUT2D eigenvalue weighted by atomic mass is 10.6. The predicted octanol–water partition coefficient (Wildman–Crippen LogP) is -1.64. The highest BCUT2D eigenvalue weighted by molar-refractivity contribution is 7.88. The fourth-order valence-electron chi connectivity index (χ4n) is 0.981. The average molecular weight is 179 g/mol. The summed E-state index contributed by atoms with van der Waals surface area (Å²) in [6, 6.07) is 0. The van der Waals surface area contributed by atoms with Crippen LogP contribution in [-0.4, -0.2) is 45.2 Å². The molecule has 0 aliphatic carbocycles. The van der Waals surface area contributed by atoms with Crippen molar-refractivity contribution in [3.63, 3.8) is 0 Å². The van der Waals surface area contributed by atoms with Crippen LogP contribution in [-0.2, 0) is 10.0 Å². The van der Waals surface area contributed by atoms with E-state index in [1.807, 2.05) is 0 Å². The number of rotatable bonds is 1. The molecule has 2 N–H and O–H groups in total. The Morgan fingerprint density at radius 3 is 2.00 bits per heavy atom. The third-order valence-corrected chi connectivity index (χ3v) is 2.87. The van der Waals surface area contributed by atoms with Crippen molar-refractivity contribution in [2.75, 3.05) is 32.4 Å². The van der Waals surface area contributed by atoms with Crippen molar-refractivity contribution >= 4 is 10.0 Å². The van der Waals surface area contributed by atoms with Crippen molar-refractivity contribution in [2.45, 2.75) is 0 Å². The van der Waals surface area contributed by atoms with E-state index >= 15 is 0 Å². The van der Waals surface area contributed by atoms with Gasteiger partial charge >= 0.3 is 0 Å². The van der Waals surface area contributed by atoms with Gasteiger partial charge in [0.1, 0.15) is 0 Å². The molecule has 1 saturated heterocycles. The van der Waals surface area contributed by atoms with E-state index < -0.39 is 10.0 Å². The van der Waals surface area contributed by atoms with Crippen molar-refractivity contribution in [1.29, 1.82) is 0 Å². The molecule has 0 unspecified atom stereocenters. The van der Waals surface area contributed by atoms with Gasteiger partial charge in [-0.15, -0.1) is 0 Å². The largest absolute Gasteiger partial charge is 0.256 e. The second kappa shape index (κ2) is 3.48. The zero-order valence-corrected chi connectivity index (χ0v) is 7.32. The molecule has 0 spiro atoms. The Bertz CT molecular complexity index is 206. The number of hydrogen-bond acceptors (Lipinski definition) is 4. The van der Waals surface area contributed by atoms with Gasteiger partial charge in [-0.3, -0.25) is 10.9 Å². The number of nitrogens with zero attached hydrogens (tertiary/aromatic N) is 1. The van der Waals surface area contributed by atoms with Gasteiger partial charge in [-0.25, -0.2) is 8.42 Å². The van der Waals surface area contributed by atoms with Gasteiger partial charge in [0, 0.05) is 26.2 Å². The van der Waals surface area contributed by atoms with Crippen molar-refractivity contribution in [3.05, 3.63) is 0 Å². The Hall–Kier alpha value is -0.170. The summed E-state index contributed by atoms with van der Waals surface area (Å²) in [5.74, 6) is 0. The van der Waals surface area contributed by atoms with Gasteiger partial charge in [0.2, 0.25) is 10.0 Å². The van der Waals surface area contributed by atoms with E-state index in [2.05, 4.69) is 10.9 Å². The Labute approximate surface area is 66.8 Å². The standard InChI is InChI=1S/C5H13N3O2S/c1-11(9,10)8-4-2-6-7-3-5-8/h6-7H,2-5H2,1H3. The van der Waals surface area contributed by atoms with E-state index in [0.717, 1.165) is 0 Å². The molecule has 1 aliphatic rings. The van der Waals surface area contributed by atoms with Crippen LogP contribution in [0, 0.1) is 0 Å². The molecule has 1 rings (SSSR count). The minimum atomic E-state index is -3.00. The Morgan fingerprint density at radius 2 is 1.64 bits per heavy atom. The zero-order chi connectivity index (χ0) is 8.32. The minimum absolute atomic E-state index is 0.547. The first-order valence-corrected chi connectivity index (χ1v) is 5.36. The summed E-state index contributed by atoms with van der Waals surface area (Å²) >= 11 is 0. The first kappa shape index (κ1) is 8.92. The van der Waals surface area contributed by atoms with Crippen LogP contribution in [0.3, 0.4) is 0 Å². The van der Waals surface area contributed by atoms with Crippen molar-refractivity contribution < 1.29 is 8.42 Å². The highest BCUT2D eigenvalue weighted by Gasteiger charge is 2.16. The maximum absolute atomic E-state index is 11.0. The first-order chi connectivity index (χ1) is 5.11. The van der Waals surface area contributed by atoms with Crippen LogP contribution in [0.5, 0.6) is 0 Å². The number of nitrogens with one attached hydrogen (secondary N) is 2. The van der Waals surface area contributed by atoms with Gasteiger partial charge in [0.15, 0.2) is 0 Å². The van der Waals surface area contributed by atoms with Crippen LogP contribution < -0.4 is 10.9 Å². The van der Waals surface area contributed by atoms with E-state index in [4.69, 9.17) is 0 Å². The minimum Gasteiger partial charge on any atom is -0.256 e. The lowest BCUT2D eigenvalue weighted by Crippen LogP contribution is -2.33. The van der Waals surface area contributed by atoms with Crippen LogP contribution in [0.1, 0.15) is 0 Å². The molecule has 0 bridgehead atoms. The summed E-state index contributed by atoms with van der Waals surface area (Å²) in [6.07, 6.45) is 1.23. The molecule has 1 aliphatic heterocycles. The number of hydrazine groups is 1. The second-order valence-corrected chi connectivity index (χ2v) is 4.50. The van der Waals surface area contributed by atoms with E-state index in [1.165, 1.54) is 10.6 Å². The fraction of sp³-hybridized carbons (Fsp3) is 1.00. The molecule has 0 radical (unpaired) electrons. The molecular formula is C5H13N3O2S. The molecule has 6 heteroatoms. The quantitative estimate of drug-likeness (QED) is 0.506. The van der Waals surface area contributed by atoms with E-state index in [0.29, 0.717) is 26.2 Å². The highest BCUT2D eigenvalue weighted by Crippen LogP contribution is 1.96. The molecule has 0 aromatic heterocycles. The maximum Gasteiger partial charge on any atom is 0.211 e. The van der Waals surface area contributed by atoms with Gasteiger partial charge in [-0.2, -0.15) is 4.31 Å². The van der Waals surface area contributed by atoms with Crippen LogP contribution in [0.4, 0.5) is 0 Å². The van der Waals surface area contributed by atoms with Crippen LogP contribution in [0.2, 0.25) is 0 Å². The molecule has 1 fully saturated rings. The van der Waals surface area contributed by atoms with E-state index in [9.17, 15) is 8.42 Å². The summed E-state index contributed by atoms with van der Waals surface area (Å²) in [6.45, 7) is 2.41. The zero-order valence-electron chi connectivity index (χ0n) is 6.50. The molecule has 1 heterocycles. The van der Waals surface area contributed by atoms with Gasteiger partial charge in [-0.1, -0.05) is 0 Å². The molecule has 0 saturated carbocycles. The third-order valence-electron chi connectivity index (χ3n) is 1.57. The molecule has 11 heavy (non-hydrogen) atoms. The predicted molar refractivity (Wildman–Crippen MR) is 42.4 cm³/mol. The Kier molecular flexibility index (Phi) is 2.83. The second-order valence-electron chi connectivity index (χ2n) is 2.52. The number of hydrogen-bond donors (Lipinski definition) is 2. The van der Waals surface area contributed by atoms with Crippen LogP contribution in [0.25, 0.3) is 0 Å². The topological polar surface area (TPSA) is 61.4 Å². The average Bonchev–Trinajstić information content (AvgIpc) is 2.10. The summed E-state index contributed by atoms with van der Waals surface area (Å²) < 4.78 is 23.5. The van der Waals surface area contributed by atoms with Gasteiger partial charge < -0.3 is 0 Å². The number of sulfonamides is 1. The summed E-state index contributed by atoms with van der Waals surface area (Å²) in [5, 5.41) is 0. The summed E-state index contributed by atoms with van der Waals surface area (Å²) in [5.41, 5.74) is 5.79. The SMILES string of the molecule is CS(=O)(=O)N1CCNNCC1. The fourth-order valence-corrected chi connectivity index (χ4v) is 1.83. The normalized spacial score (nSPS) is 23.0. The maximum atomic E-state index is 11.0. The molecule has 0 aromatic rings. The van der Waals surface area contributed by atoms with E-state index in [1.54, 1.807) is 0 Å². The third kappa shape index (κ3) is 2.74.